The molecule has 2 N–H and O–H groups in total. The van der Waals surface area contributed by atoms with Crippen LogP contribution in [0.5, 0.6) is 5.75 Å². The fraction of sp³-hybridized carbons (Fsp3) is 0.800. The molecule has 0 aliphatic carbocycles. The van der Waals surface area contributed by atoms with Crippen LogP contribution in [0.2, 0.25) is 0 Å². The van der Waals surface area contributed by atoms with Crippen LogP contribution in [0.1, 0.15) is 181 Å². The molecule has 0 bridgehead atoms. The first-order valence-corrected chi connectivity index (χ1v) is 15.9. The summed E-state index contributed by atoms with van der Waals surface area (Å²) in [6, 6.07) is 3.90. The first-order valence-electron chi connectivity index (χ1n) is 15.9. The molecule has 0 radical (unpaired) electrons. The predicted octanol–water partition coefficient (Wildman–Crippen LogP) is 11.0. The number of carbonyl (C=O) groups is 1. The van der Waals surface area contributed by atoms with E-state index in [1.165, 1.54) is 89.9 Å². The van der Waals surface area contributed by atoms with Gasteiger partial charge < -0.3 is 10.2 Å². The highest BCUT2D eigenvalue weighted by atomic mass is 16.4. The second kappa shape index (κ2) is 16.6. The average molecular weight is 531 g/mol. The van der Waals surface area contributed by atoms with Gasteiger partial charge in [-0.25, -0.2) is 0 Å². The average Bonchev–Trinajstić information content (AvgIpc) is 2.82. The Kier molecular flexibility index (Phi) is 15.0. The van der Waals surface area contributed by atoms with Gasteiger partial charge in [0.25, 0.3) is 0 Å². The molecule has 0 saturated heterocycles. The van der Waals surface area contributed by atoms with Gasteiger partial charge in [0.15, 0.2) is 0 Å². The minimum Gasteiger partial charge on any atom is -0.507 e. The van der Waals surface area contributed by atoms with E-state index >= 15 is 0 Å². The number of hydrogen-bond donors (Lipinski definition) is 2. The number of unbranched alkanes of at least 4 members (excludes halogenated alkanes) is 15. The Morgan fingerprint density at radius 1 is 0.605 bits per heavy atom. The van der Waals surface area contributed by atoms with Crippen LogP contribution in [0.3, 0.4) is 0 Å². The lowest BCUT2D eigenvalue weighted by atomic mass is 9.72. The van der Waals surface area contributed by atoms with Crippen molar-refractivity contribution in [1.82, 2.24) is 0 Å². The van der Waals surface area contributed by atoms with Crippen molar-refractivity contribution >= 4 is 5.97 Å². The molecule has 0 heterocycles. The van der Waals surface area contributed by atoms with Gasteiger partial charge in [0.2, 0.25) is 0 Å². The van der Waals surface area contributed by atoms with Crippen LogP contribution in [0.4, 0.5) is 0 Å². The smallest absolute Gasteiger partial charge is 0.313 e. The molecule has 1 aromatic carbocycles. The molecule has 1 rings (SSSR count). The summed E-state index contributed by atoms with van der Waals surface area (Å²) in [5.41, 5.74) is 0.989. The van der Waals surface area contributed by atoms with Crippen LogP contribution in [-0.4, -0.2) is 16.2 Å². The summed E-state index contributed by atoms with van der Waals surface area (Å²) >= 11 is 0. The van der Waals surface area contributed by atoms with Crippen LogP contribution < -0.4 is 0 Å². The van der Waals surface area contributed by atoms with E-state index in [2.05, 4.69) is 48.5 Å². The highest BCUT2D eigenvalue weighted by Crippen LogP contribution is 2.43. The van der Waals surface area contributed by atoms with Crippen molar-refractivity contribution in [3.8, 4) is 5.75 Å². The van der Waals surface area contributed by atoms with E-state index in [0.29, 0.717) is 12.2 Å². The fourth-order valence-electron chi connectivity index (χ4n) is 5.50. The Labute approximate surface area is 236 Å². The number of phenols is 1. The van der Waals surface area contributed by atoms with Gasteiger partial charge >= 0.3 is 5.97 Å². The molecule has 0 saturated carbocycles. The third-order valence-corrected chi connectivity index (χ3v) is 8.37. The molecule has 3 heteroatoms. The van der Waals surface area contributed by atoms with Crippen molar-refractivity contribution in [1.29, 1.82) is 0 Å². The van der Waals surface area contributed by atoms with E-state index in [1.54, 1.807) is 0 Å². The van der Waals surface area contributed by atoms with Crippen LogP contribution >= 0.6 is 0 Å². The zero-order valence-corrected chi connectivity index (χ0v) is 26.5. The second-order valence-electron chi connectivity index (χ2n) is 14.1. The van der Waals surface area contributed by atoms with E-state index in [1.807, 2.05) is 19.1 Å². The molecule has 0 aliphatic rings. The molecule has 1 atom stereocenters. The van der Waals surface area contributed by atoms with Crippen molar-refractivity contribution < 1.29 is 15.0 Å². The van der Waals surface area contributed by atoms with Gasteiger partial charge in [-0.15, -0.1) is 0 Å². The molecule has 0 aromatic heterocycles. The summed E-state index contributed by atoms with van der Waals surface area (Å²) in [4.78, 5) is 12.6. The molecule has 1 aromatic rings. The number of aromatic hydroxyl groups is 1. The summed E-state index contributed by atoms with van der Waals surface area (Å²) in [7, 11) is 0. The first kappa shape index (κ1) is 34.5. The monoisotopic (exact) mass is 530 g/mol. The van der Waals surface area contributed by atoms with Crippen LogP contribution in [0.15, 0.2) is 12.1 Å². The number of rotatable bonds is 19. The molecular formula is C35H62O3. The molecule has 3 nitrogen and oxygen atoms in total. The van der Waals surface area contributed by atoms with E-state index in [4.69, 9.17) is 0 Å². The molecule has 220 valence electrons. The lowest BCUT2D eigenvalue weighted by Gasteiger charge is -2.32. The summed E-state index contributed by atoms with van der Waals surface area (Å²) in [5, 5.41) is 21.4. The fourth-order valence-corrected chi connectivity index (χ4v) is 5.50. The minimum atomic E-state index is -0.955. The maximum atomic E-state index is 12.6. The lowest BCUT2D eigenvalue weighted by Crippen LogP contribution is -2.33. The van der Waals surface area contributed by atoms with Gasteiger partial charge in [-0.3, -0.25) is 4.79 Å². The molecule has 0 fully saturated rings. The van der Waals surface area contributed by atoms with E-state index in [9.17, 15) is 15.0 Å². The molecule has 0 unspecified atom stereocenters. The molecule has 0 aliphatic heterocycles. The van der Waals surface area contributed by atoms with Crippen molar-refractivity contribution in [2.45, 2.75) is 181 Å². The van der Waals surface area contributed by atoms with Gasteiger partial charge in [-0.1, -0.05) is 163 Å². The zero-order valence-electron chi connectivity index (χ0n) is 26.5. The Bertz CT molecular complexity index is 776. The van der Waals surface area contributed by atoms with Gasteiger partial charge in [0.05, 0.1) is 5.41 Å². The zero-order chi connectivity index (χ0) is 28.8. The van der Waals surface area contributed by atoms with Crippen LogP contribution in [0.25, 0.3) is 0 Å². The van der Waals surface area contributed by atoms with E-state index in [0.717, 1.165) is 29.5 Å². The minimum absolute atomic E-state index is 0.270. The highest BCUT2D eigenvalue weighted by molar-refractivity contribution is 5.81. The molecular weight excluding hydrogens is 468 g/mol. The van der Waals surface area contributed by atoms with Crippen molar-refractivity contribution in [2.75, 3.05) is 0 Å². The quantitative estimate of drug-likeness (QED) is 0.175. The third-order valence-electron chi connectivity index (χ3n) is 8.37. The van der Waals surface area contributed by atoms with E-state index in [-0.39, 0.29) is 10.8 Å². The number of carboxylic acids is 1. The second-order valence-corrected chi connectivity index (χ2v) is 14.1. The number of hydrogen-bond acceptors (Lipinski definition) is 2. The Morgan fingerprint density at radius 3 is 1.21 bits per heavy atom. The SMILES string of the molecule is CCCCCCCCCCCCCCCCCC[C@@](C)(C(=O)O)c1cc(C(C)(C)C)c(O)c(C(C)(C)C)c1. The number of carboxylic acid groups (broad SMARTS) is 1. The summed E-state index contributed by atoms with van der Waals surface area (Å²) in [6.07, 6.45) is 21.6. The molecule has 0 spiro atoms. The van der Waals surface area contributed by atoms with Crippen molar-refractivity contribution in [2.24, 2.45) is 0 Å². The van der Waals surface area contributed by atoms with Crippen molar-refractivity contribution in [3.05, 3.63) is 28.8 Å². The Hall–Kier alpha value is -1.51. The third kappa shape index (κ3) is 11.7. The summed E-state index contributed by atoms with van der Waals surface area (Å²) in [6.45, 7) is 16.6. The van der Waals surface area contributed by atoms with Gasteiger partial charge in [-0.05, 0) is 40.9 Å². The number of benzene rings is 1. The standard InChI is InChI=1S/C35H62O3/c1-9-10-11-12-13-14-15-16-17-18-19-20-21-22-23-24-25-35(8,32(37)38)28-26-29(33(2,3)4)31(36)30(27-28)34(5,6)7/h26-27,36H,9-25H2,1-8H3,(H,37,38)/t35-/m1/s1. The molecule has 38 heavy (non-hydrogen) atoms. The lowest BCUT2D eigenvalue weighted by molar-refractivity contribution is -0.143. The number of aliphatic carboxylic acids is 1. The summed E-state index contributed by atoms with van der Waals surface area (Å²) < 4.78 is 0. The van der Waals surface area contributed by atoms with Gasteiger partial charge in [-0.2, -0.15) is 0 Å². The highest BCUT2D eigenvalue weighted by Gasteiger charge is 2.38. The predicted molar refractivity (Wildman–Crippen MR) is 165 cm³/mol. The van der Waals surface area contributed by atoms with Crippen LogP contribution in [0, 0.1) is 0 Å². The maximum absolute atomic E-state index is 12.6. The Morgan fingerprint density at radius 2 is 0.921 bits per heavy atom. The molecule has 0 amide bonds. The Balaban J connectivity index is 2.50. The van der Waals surface area contributed by atoms with Crippen molar-refractivity contribution in [3.63, 3.8) is 0 Å². The largest absolute Gasteiger partial charge is 0.507 e. The first-order chi connectivity index (χ1) is 17.7. The normalized spacial score (nSPS) is 14.0. The number of phenolic OH excluding ortho intramolecular Hbond substituents is 1. The summed E-state index contributed by atoms with van der Waals surface area (Å²) in [5.74, 6) is -0.465. The maximum Gasteiger partial charge on any atom is 0.313 e. The topological polar surface area (TPSA) is 57.5 Å². The van der Waals surface area contributed by atoms with Gasteiger partial charge in [0.1, 0.15) is 5.75 Å². The van der Waals surface area contributed by atoms with Gasteiger partial charge in [0, 0.05) is 0 Å². The van der Waals surface area contributed by atoms with E-state index < -0.39 is 11.4 Å². The van der Waals surface area contributed by atoms with Crippen LogP contribution in [-0.2, 0) is 21.0 Å².